The van der Waals surface area contributed by atoms with Gasteiger partial charge in [0.2, 0.25) is 11.8 Å². The zero-order valence-electron chi connectivity index (χ0n) is 21.7. The molecule has 1 N–H and O–H groups in total. The van der Waals surface area contributed by atoms with Crippen molar-refractivity contribution in [3.8, 4) is 0 Å². The molecule has 38 heavy (non-hydrogen) atoms. The highest BCUT2D eigenvalue weighted by atomic mass is 35.5. The van der Waals surface area contributed by atoms with Crippen LogP contribution in [0.25, 0.3) is 0 Å². The van der Waals surface area contributed by atoms with Gasteiger partial charge < -0.3 is 10.2 Å². The molecule has 0 bridgehead atoms. The summed E-state index contributed by atoms with van der Waals surface area (Å²) in [4.78, 5) is 27.9. The Kier molecular flexibility index (Phi) is 9.51. The SMILES string of the molecule is Cc1ccc(Cl)cc1N(CC(=O)N(Cc1ccccc1F)C(C)C(=O)NC(C)C)S(=O)(=O)c1ccccc1. The number of nitrogens with one attached hydrogen (secondary N) is 1. The van der Waals surface area contributed by atoms with Crippen LogP contribution in [0.5, 0.6) is 0 Å². The molecule has 0 saturated heterocycles. The standard InChI is InChI=1S/C28H31ClFN3O4S/c1-19(2)31-28(35)21(4)32(17-22-10-8-9-13-25(22)30)27(34)18-33(26-16-23(29)15-14-20(26)3)38(36,37)24-11-6-5-7-12-24/h5-16,19,21H,17-18H2,1-4H3,(H,31,35). The molecule has 0 aromatic heterocycles. The molecular formula is C28H31ClFN3O4S. The summed E-state index contributed by atoms with van der Waals surface area (Å²) in [5.41, 5.74) is 0.995. The van der Waals surface area contributed by atoms with E-state index in [4.69, 9.17) is 11.6 Å². The quantitative estimate of drug-likeness (QED) is 0.382. The van der Waals surface area contributed by atoms with E-state index >= 15 is 0 Å². The lowest BCUT2D eigenvalue weighted by Gasteiger charge is -2.32. The summed E-state index contributed by atoms with van der Waals surface area (Å²) in [7, 11) is -4.22. The Bertz CT molecular complexity index is 1400. The fraction of sp³-hybridized carbons (Fsp3) is 0.286. The number of sulfonamides is 1. The number of aryl methyl sites for hydroxylation is 1. The number of carbonyl (C=O) groups excluding carboxylic acids is 2. The highest BCUT2D eigenvalue weighted by Crippen LogP contribution is 2.30. The topological polar surface area (TPSA) is 86.8 Å². The summed E-state index contributed by atoms with van der Waals surface area (Å²) in [6.45, 7) is 5.93. The molecule has 0 aliphatic rings. The molecule has 0 heterocycles. The maximum atomic E-state index is 14.6. The predicted octanol–water partition coefficient (Wildman–Crippen LogP) is 4.92. The van der Waals surface area contributed by atoms with E-state index in [1.807, 2.05) is 0 Å². The zero-order chi connectivity index (χ0) is 28.0. The Morgan fingerprint density at radius 1 is 0.974 bits per heavy atom. The minimum absolute atomic E-state index is 0.0153. The van der Waals surface area contributed by atoms with Crippen LogP contribution in [0.3, 0.4) is 0 Å². The Morgan fingerprint density at radius 2 is 1.61 bits per heavy atom. The molecule has 7 nitrogen and oxygen atoms in total. The van der Waals surface area contributed by atoms with Crippen LogP contribution in [0.2, 0.25) is 5.02 Å². The maximum absolute atomic E-state index is 14.6. The number of rotatable bonds is 10. The van der Waals surface area contributed by atoms with Gasteiger partial charge in [0.15, 0.2) is 0 Å². The second-order valence-corrected chi connectivity index (χ2v) is 11.5. The van der Waals surface area contributed by atoms with E-state index in [1.165, 1.54) is 48.2 Å². The Balaban J connectivity index is 2.08. The Morgan fingerprint density at radius 3 is 2.24 bits per heavy atom. The van der Waals surface area contributed by atoms with Gasteiger partial charge in [-0.2, -0.15) is 0 Å². The van der Waals surface area contributed by atoms with Crippen molar-refractivity contribution in [1.29, 1.82) is 0 Å². The normalized spacial score (nSPS) is 12.2. The van der Waals surface area contributed by atoms with E-state index in [-0.39, 0.29) is 28.7 Å². The minimum atomic E-state index is -4.22. The first-order valence-corrected chi connectivity index (χ1v) is 13.9. The number of halogens is 2. The first-order valence-electron chi connectivity index (χ1n) is 12.1. The van der Waals surface area contributed by atoms with Gasteiger partial charge in [-0.05, 0) is 63.6 Å². The third kappa shape index (κ3) is 6.90. The smallest absolute Gasteiger partial charge is 0.264 e. The van der Waals surface area contributed by atoms with Crippen molar-refractivity contribution >= 4 is 39.1 Å². The van der Waals surface area contributed by atoms with Crippen molar-refractivity contribution in [3.05, 3.63) is 94.8 Å². The van der Waals surface area contributed by atoms with Crippen molar-refractivity contribution in [3.63, 3.8) is 0 Å². The monoisotopic (exact) mass is 559 g/mol. The minimum Gasteiger partial charge on any atom is -0.352 e. The molecule has 0 fully saturated rings. The molecule has 0 aliphatic heterocycles. The average molecular weight is 560 g/mol. The molecule has 1 atom stereocenters. The van der Waals surface area contributed by atoms with Gasteiger partial charge >= 0.3 is 0 Å². The molecule has 0 spiro atoms. The molecule has 2 amide bonds. The van der Waals surface area contributed by atoms with Crippen LogP contribution in [0.4, 0.5) is 10.1 Å². The summed E-state index contributed by atoms with van der Waals surface area (Å²) in [6.07, 6.45) is 0. The molecule has 1 unspecified atom stereocenters. The van der Waals surface area contributed by atoms with Crippen LogP contribution < -0.4 is 9.62 Å². The first kappa shape index (κ1) is 29.1. The van der Waals surface area contributed by atoms with Gasteiger partial charge in [-0.3, -0.25) is 13.9 Å². The number of hydrogen-bond acceptors (Lipinski definition) is 4. The molecule has 0 aliphatic carbocycles. The Hall–Kier alpha value is -3.43. The van der Waals surface area contributed by atoms with E-state index in [1.54, 1.807) is 57.2 Å². The summed E-state index contributed by atoms with van der Waals surface area (Å²) in [5, 5.41) is 3.05. The first-order chi connectivity index (χ1) is 17.9. The largest absolute Gasteiger partial charge is 0.352 e. The van der Waals surface area contributed by atoms with Gasteiger partial charge in [0, 0.05) is 23.2 Å². The second-order valence-electron chi connectivity index (χ2n) is 9.21. The number of benzene rings is 3. The van der Waals surface area contributed by atoms with Crippen molar-refractivity contribution in [1.82, 2.24) is 10.2 Å². The average Bonchev–Trinajstić information content (AvgIpc) is 2.88. The van der Waals surface area contributed by atoms with Crippen molar-refractivity contribution in [2.75, 3.05) is 10.8 Å². The summed E-state index contributed by atoms with van der Waals surface area (Å²) >= 11 is 6.21. The fourth-order valence-corrected chi connectivity index (χ4v) is 5.54. The molecule has 202 valence electrons. The molecule has 0 radical (unpaired) electrons. The number of amides is 2. The van der Waals surface area contributed by atoms with E-state index in [0.717, 1.165) is 4.31 Å². The van der Waals surface area contributed by atoms with Gasteiger partial charge in [-0.25, -0.2) is 12.8 Å². The summed E-state index contributed by atoms with van der Waals surface area (Å²) in [6, 6.07) is 17.2. The second kappa shape index (κ2) is 12.4. The molecule has 3 aromatic carbocycles. The zero-order valence-corrected chi connectivity index (χ0v) is 23.3. The van der Waals surface area contributed by atoms with Crippen LogP contribution in [-0.2, 0) is 26.2 Å². The van der Waals surface area contributed by atoms with Gasteiger partial charge in [0.05, 0.1) is 10.6 Å². The van der Waals surface area contributed by atoms with Crippen molar-refractivity contribution in [2.45, 2.75) is 51.2 Å². The highest BCUT2D eigenvalue weighted by molar-refractivity contribution is 7.92. The number of nitrogens with zero attached hydrogens (tertiary/aromatic N) is 2. The molecule has 0 saturated carbocycles. The van der Waals surface area contributed by atoms with Gasteiger partial charge in [-0.1, -0.05) is 54.1 Å². The van der Waals surface area contributed by atoms with E-state index in [2.05, 4.69) is 5.32 Å². The molecule has 3 aromatic rings. The molecular weight excluding hydrogens is 529 g/mol. The Labute approximate surface area is 228 Å². The molecule has 3 rings (SSSR count). The lowest BCUT2D eigenvalue weighted by molar-refractivity contribution is -0.139. The summed E-state index contributed by atoms with van der Waals surface area (Å²) < 4.78 is 43.1. The molecule has 10 heteroatoms. The van der Waals surface area contributed by atoms with Crippen LogP contribution in [0.15, 0.2) is 77.7 Å². The highest BCUT2D eigenvalue weighted by Gasteiger charge is 2.33. The maximum Gasteiger partial charge on any atom is 0.264 e. The number of carbonyl (C=O) groups is 2. The summed E-state index contributed by atoms with van der Waals surface area (Å²) in [5.74, 6) is -1.67. The third-order valence-electron chi connectivity index (χ3n) is 5.95. The van der Waals surface area contributed by atoms with Crippen LogP contribution in [-0.4, -0.2) is 43.8 Å². The van der Waals surface area contributed by atoms with Gasteiger partial charge in [0.1, 0.15) is 18.4 Å². The predicted molar refractivity (Wildman–Crippen MR) is 147 cm³/mol. The van der Waals surface area contributed by atoms with E-state index in [0.29, 0.717) is 10.6 Å². The third-order valence-corrected chi connectivity index (χ3v) is 7.96. The van der Waals surface area contributed by atoms with E-state index < -0.39 is 40.2 Å². The lowest BCUT2D eigenvalue weighted by Crippen LogP contribution is -2.52. The number of hydrogen-bond donors (Lipinski definition) is 1. The van der Waals surface area contributed by atoms with E-state index in [9.17, 15) is 22.4 Å². The van der Waals surface area contributed by atoms with Gasteiger partial charge in [0.25, 0.3) is 10.0 Å². The van der Waals surface area contributed by atoms with Crippen LogP contribution >= 0.6 is 11.6 Å². The number of anilines is 1. The van der Waals surface area contributed by atoms with Crippen molar-refractivity contribution < 1.29 is 22.4 Å². The van der Waals surface area contributed by atoms with Gasteiger partial charge in [-0.15, -0.1) is 0 Å². The van der Waals surface area contributed by atoms with Crippen LogP contribution in [0.1, 0.15) is 31.9 Å². The van der Waals surface area contributed by atoms with Crippen LogP contribution in [0, 0.1) is 12.7 Å². The van der Waals surface area contributed by atoms with Crippen molar-refractivity contribution in [2.24, 2.45) is 0 Å². The fourth-order valence-electron chi connectivity index (χ4n) is 3.88. The lowest BCUT2D eigenvalue weighted by atomic mass is 10.1.